The number of nitrogens with zero attached hydrogens (tertiary/aromatic N) is 1. The van der Waals surface area contributed by atoms with Gasteiger partial charge in [0.2, 0.25) is 0 Å². The smallest absolute Gasteiger partial charge is 0.0926 e. The summed E-state index contributed by atoms with van der Waals surface area (Å²) in [6.07, 6.45) is 0. The van der Waals surface area contributed by atoms with Gasteiger partial charge in [-0.05, 0) is 37.6 Å². The third-order valence-corrected chi connectivity index (χ3v) is 2.42. The van der Waals surface area contributed by atoms with Gasteiger partial charge in [-0.3, -0.25) is 5.10 Å². The third kappa shape index (κ3) is 2.86. The molecule has 0 unspecified atom stereocenters. The molecule has 1 heterocycles. The van der Waals surface area contributed by atoms with E-state index in [1.54, 1.807) is 0 Å². The standard InChI is InChI=1S/C11H11ClN2.C2H6/c1-7-3-4-9(12)6-10(7)11-5-8(2)13-14-11;1-2/h3-6H,1-2H3,(H,13,14);1-2H3. The molecular formula is C13H17ClN2. The third-order valence-electron chi connectivity index (χ3n) is 2.18. The minimum atomic E-state index is 0.742. The number of rotatable bonds is 1. The molecule has 0 aliphatic carbocycles. The van der Waals surface area contributed by atoms with Crippen molar-refractivity contribution >= 4 is 11.6 Å². The van der Waals surface area contributed by atoms with Crippen molar-refractivity contribution in [1.82, 2.24) is 10.2 Å². The number of aromatic amines is 1. The van der Waals surface area contributed by atoms with Crippen molar-refractivity contribution in [1.29, 1.82) is 0 Å². The molecule has 1 N–H and O–H groups in total. The molecule has 16 heavy (non-hydrogen) atoms. The van der Waals surface area contributed by atoms with Gasteiger partial charge in [0, 0.05) is 16.3 Å². The van der Waals surface area contributed by atoms with E-state index in [1.807, 2.05) is 45.0 Å². The number of H-pyrrole nitrogens is 1. The van der Waals surface area contributed by atoms with Crippen molar-refractivity contribution in [3.8, 4) is 11.3 Å². The van der Waals surface area contributed by atoms with E-state index in [-0.39, 0.29) is 0 Å². The zero-order valence-electron chi connectivity index (χ0n) is 10.1. The van der Waals surface area contributed by atoms with Crippen LogP contribution in [0.5, 0.6) is 0 Å². The summed E-state index contributed by atoms with van der Waals surface area (Å²) >= 11 is 5.94. The molecule has 2 nitrogen and oxygen atoms in total. The Hall–Kier alpha value is -1.28. The van der Waals surface area contributed by atoms with Crippen LogP contribution in [0.2, 0.25) is 5.02 Å². The highest BCUT2D eigenvalue weighted by molar-refractivity contribution is 6.30. The summed E-state index contributed by atoms with van der Waals surface area (Å²) in [5.41, 5.74) is 4.27. The topological polar surface area (TPSA) is 28.7 Å². The molecule has 0 saturated heterocycles. The van der Waals surface area contributed by atoms with Gasteiger partial charge >= 0.3 is 0 Å². The first-order valence-electron chi connectivity index (χ1n) is 5.45. The maximum absolute atomic E-state index is 5.94. The van der Waals surface area contributed by atoms with Gasteiger partial charge < -0.3 is 0 Å². The molecule has 0 aliphatic heterocycles. The van der Waals surface area contributed by atoms with Gasteiger partial charge in [-0.1, -0.05) is 31.5 Å². The predicted molar refractivity (Wildman–Crippen MR) is 69.9 cm³/mol. The Balaban J connectivity index is 0.000000606. The van der Waals surface area contributed by atoms with Gasteiger partial charge in [0.25, 0.3) is 0 Å². The maximum Gasteiger partial charge on any atom is 0.0926 e. The van der Waals surface area contributed by atoms with Crippen LogP contribution in [-0.4, -0.2) is 10.2 Å². The van der Waals surface area contributed by atoms with Gasteiger partial charge in [-0.25, -0.2) is 0 Å². The average molecular weight is 237 g/mol. The quantitative estimate of drug-likeness (QED) is 0.783. The average Bonchev–Trinajstić information content (AvgIpc) is 2.71. The molecule has 1 aromatic carbocycles. The molecule has 0 saturated carbocycles. The number of nitrogens with one attached hydrogen (secondary N) is 1. The molecule has 0 spiro atoms. The van der Waals surface area contributed by atoms with Crippen molar-refractivity contribution in [2.75, 3.05) is 0 Å². The van der Waals surface area contributed by atoms with E-state index in [0.29, 0.717) is 0 Å². The van der Waals surface area contributed by atoms with Gasteiger partial charge in [0.05, 0.1) is 5.69 Å². The van der Waals surface area contributed by atoms with E-state index in [4.69, 9.17) is 11.6 Å². The first-order valence-corrected chi connectivity index (χ1v) is 5.83. The number of aromatic nitrogens is 2. The molecule has 0 fully saturated rings. The van der Waals surface area contributed by atoms with Crippen LogP contribution < -0.4 is 0 Å². The fourth-order valence-electron chi connectivity index (χ4n) is 1.43. The maximum atomic E-state index is 5.94. The van der Waals surface area contributed by atoms with E-state index < -0.39 is 0 Å². The lowest BCUT2D eigenvalue weighted by Gasteiger charge is -2.01. The minimum absolute atomic E-state index is 0.742. The number of aryl methyl sites for hydroxylation is 2. The first-order chi connectivity index (χ1) is 7.66. The highest BCUT2D eigenvalue weighted by Crippen LogP contribution is 2.25. The predicted octanol–water partition coefficient (Wildman–Crippen LogP) is 4.37. The Morgan fingerprint density at radius 3 is 2.38 bits per heavy atom. The van der Waals surface area contributed by atoms with E-state index in [9.17, 15) is 0 Å². The van der Waals surface area contributed by atoms with Crippen LogP contribution in [0.3, 0.4) is 0 Å². The van der Waals surface area contributed by atoms with Crippen molar-refractivity contribution in [3.63, 3.8) is 0 Å². The molecule has 2 rings (SSSR count). The summed E-state index contributed by atoms with van der Waals surface area (Å²) < 4.78 is 0. The molecule has 0 radical (unpaired) electrons. The van der Waals surface area contributed by atoms with Gasteiger partial charge in [-0.15, -0.1) is 0 Å². The molecule has 1 aromatic heterocycles. The largest absolute Gasteiger partial charge is 0.282 e. The Morgan fingerprint density at radius 2 is 1.81 bits per heavy atom. The van der Waals surface area contributed by atoms with Crippen LogP contribution >= 0.6 is 11.6 Å². The van der Waals surface area contributed by atoms with Crippen molar-refractivity contribution in [3.05, 3.63) is 40.5 Å². The summed E-state index contributed by atoms with van der Waals surface area (Å²) in [6, 6.07) is 7.84. The van der Waals surface area contributed by atoms with Crippen LogP contribution in [0.4, 0.5) is 0 Å². The monoisotopic (exact) mass is 236 g/mol. The second-order valence-electron chi connectivity index (χ2n) is 3.40. The summed E-state index contributed by atoms with van der Waals surface area (Å²) in [5, 5.41) is 7.87. The lowest BCUT2D eigenvalue weighted by Crippen LogP contribution is -1.83. The van der Waals surface area contributed by atoms with Crippen LogP contribution in [0.25, 0.3) is 11.3 Å². The Labute approximate surface area is 102 Å². The summed E-state index contributed by atoms with van der Waals surface area (Å²) in [7, 11) is 0. The van der Waals surface area contributed by atoms with Crippen LogP contribution in [0.15, 0.2) is 24.3 Å². The summed E-state index contributed by atoms with van der Waals surface area (Å²) in [5.74, 6) is 0. The van der Waals surface area contributed by atoms with Gasteiger partial charge in [-0.2, -0.15) is 5.10 Å². The van der Waals surface area contributed by atoms with E-state index >= 15 is 0 Å². The number of hydrogen-bond acceptors (Lipinski definition) is 1. The highest BCUT2D eigenvalue weighted by atomic mass is 35.5. The van der Waals surface area contributed by atoms with E-state index in [0.717, 1.165) is 22.0 Å². The molecule has 0 atom stereocenters. The van der Waals surface area contributed by atoms with Crippen LogP contribution in [0.1, 0.15) is 25.1 Å². The molecule has 0 amide bonds. The Bertz CT molecular complexity index is 461. The SMILES string of the molecule is CC.Cc1cc(-c2cc(Cl)ccc2C)n[nH]1. The molecule has 86 valence electrons. The second-order valence-corrected chi connectivity index (χ2v) is 3.83. The lowest BCUT2D eigenvalue weighted by atomic mass is 10.1. The van der Waals surface area contributed by atoms with Gasteiger partial charge in [0.1, 0.15) is 0 Å². The van der Waals surface area contributed by atoms with Gasteiger partial charge in [0.15, 0.2) is 0 Å². The molecule has 0 bridgehead atoms. The Kier molecular flexibility index (Phi) is 4.56. The normalized spacial score (nSPS) is 9.56. The first kappa shape index (κ1) is 12.8. The van der Waals surface area contributed by atoms with Crippen molar-refractivity contribution in [2.24, 2.45) is 0 Å². The number of hydrogen-bond donors (Lipinski definition) is 1. The zero-order valence-corrected chi connectivity index (χ0v) is 10.9. The van der Waals surface area contributed by atoms with Crippen molar-refractivity contribution < 1.29 is 0 Å². The molecule has 3 heteroatoms. The lowest BCUT2D eigenvalue weighted by molar-refractivity contribution is 1.05. The fourth-order valence-corrected chi connectivity index (χ4v) is 1.60. The molecular weight excluding hydrogens is 220 g/mol. The Morgan fingerprint density at radius 1 is 1.12 bits per heavy atom. The van der Waals surface area contributed by atoms with Crippen molar-refractivity contribution in [2.45, 2.75) is 27.7 Å². The molecule has 0 aliphatic rings. The second kappa shape index (κ2) is 5.71. The zero-order chi connectivity index (χ0) is 12.1. The minimum Gasteiger partial charge on any atom is -0.282 e. The van der Waals surface area contributed by atoms with E-state index in [2.05, 4.69) is 17.1 Å². The summed E-state index contributed by atoms with van der Waals surface area (Å²) in [6.45, 7) is 8.03. The van der Waals surface area contributed by atoms with Crippen LogP contribution in [-0.2, 0) is 0 Å². The molecule has 2 aromatic rings. The highest BCUT2D eigenvalue weighted by Gasteiger charge is 2.05. The summed E-state index contributed by atoms with van der Waals surface area (Å²) in [4.78, 5) is 0. The van der Waals surface area contributed by atoms with Crippen LogP contribution in [0, 0.1) is 13.8 Å². The number of halogens is 1. The van der Waals surface area contributed by atoms with E-state index in [1.165, 1.54) is 5.56 Å². The fraction of sp³-hybridized carbons (Fsp3) is 0.308. The number of benzene rings is 1.